The highest BCUT2D eigenvalue weighted by Crippen LogP contribution is 2.19. The van der Waals surface area contributed by atoms with Gasteiger partial charge in [-0.2, -0.15) is 0 Å². The van der Waals surface area contributed by atoms with E-state index >= 15 is 0 Å². The van der Waals surface area contributed by atoms with E-state index in [4.69, 9.17) is 11.6 Å². The van der Waals surface area contributed by atoms with Gasteiger partial charge in [0.1, 0.15) is 5.82 Å². The van der Waals surface area contributed by atoms with Crippen molar-refractivity contribution in [2.24, 2.45) is 0 Å². The van der Waals surface area contributed by atoms with Gasteiger partial charge >= 0.3 is 0 Å². The Bertz CT molecular complexity index is 720. The fraction of sp³-hybridized carbons (Fsp3) is 0.250. The minimum atomic E-state index is -3.65. The Kier molecular flexibility index (Phi) is 5.94. The van der Waals surface area contributed by atoms with Gasteiger partial charge in [0.15, 0.2) is 0 Å². The Morgan fingerprint density at radius 3 is 2.45 bits per heavy atom. The summed E-state index contributed by atoms with van der Waals surface area (Å²) < 4.78 is 39.6. The van der Waals surface area contributed by atoms with Crippen molar-refractivity contribution >= 4 is 21.6 Å². The highest BCUT2D eigenvalue weighted by Gasteiger charge is 2.15. The van der Waals surface area contributed by atoms with Crippen molar-refractivity contribution < 1.29 is 12.8 Å². The van der Waals surface area contributed by atoms with Crippen LogP contribution in [0.2, 0.25) is 5.02 Å². The first kappa shape index (κ1) is 16.9. The van der Waals surface area contributed by atoms with Gasteiger partial charge in [0, 0.05) is 6.54 Å². The second-order valence-electron chi connectivity index (χ2n) is 4.92. The second-order valence-corrected chi connectivity index (χ2v) is 7.09. The summed E-state index contributed by atoms with van der Waals surface area (Å²) in [7, 11) is -3.65. The van der Waals surface area contributed by atoms with Crippen molar-refractivity contribution in [3.8, 4) is 0 Å². The van der Waals surface area contributed by atoms with Gasteiger partial charge in [0.05, 0.1) is 9.92 Å². The van der Waals surface area contributed by atoms with Crippen molar-refractivity contribution in [2.45, 2.75) is 24.2 Å². The third-order valence-electron chi connectivity index (χ3n) is 3.23. The van der Waals surface area contributed by atoms with Crippen LogP contribution in [0.25, 0.3) is 0 Å². The lowest BCUT2D eigenvalue weighted by Gasteiger charge is -2.07. The standard InChI is InChI=1S/C16H17ClFNO2S/c17-15-12-14(9-10-16(15)18)22(20,21)19-11-5-4-8-13-6-2-1-3-7-13/h1-3,6-7,9-10,12,19H,4-5,8,11H2. The lowest BCUT2D eigenvalue weighted by atomic mass is 10.1. The molecule has 6 heteroatoms. The molecule has 0 saturated carbocycles. The van der Waals surface area contributed by atoms with Crippen molar-refractivity contribution in [3.63, 3.8) is 0 Å². The van der Waals surface area contributed by atoms with Crippen LogP contribution in [0.3, 0.4) is 0 Å². The summed E-state index contributed by atoms with van der Waals surface area (Å²) in [6.07, 6.45) is 2.52. The number of benzene rings is 2. The monoisotopic (exact) mass is 341 g/mol. The van der Waals surface area contributed by atoms with E-state index in [2.05, 4.69) is 4.72 Å². The number of sulfonamides is 1. The van der Waals surface area contributed by atoms with Crippen LogP contribution in [0.1, 0.15) is 18.4 Å². The molecule has 2 aromatic carbocycles. The van der Waals surface area contributed by atoms with Crippen LogP contribution in [0.4, 0.5) is 4.39 Å². The third-order valence-corrected chi connectivity index (χ3v) is 4.98. The van der Waals surface area contributed by atoms with Crippen LogP contribution < -0.4 is 4.72 Å². The van der Waals surface area contributed by atoms with Gasteiger partial charge in [-0.1, -0.05) is 41.9 Å². The maximum Gasteiger partial charge on any atom is 0.240 e. The van der Waals surface area contributed by atoms with Gasteiger partial charge in [0.25, 0.3) is 0 Å². The first-order chi connectivity index (χ1) is 10.5. The zero-order valence-corrected chi connectivity index (χ0v) is 13.5. The molecule has 0 aliphatic carbocycles. The summed E-state index contributed by atoms with van der Waals surface area (Å²) in [6.45, 7) is 0.337. The zero-order chi connectivity index (χ0) is 16.0. The molecule has 0 aromatic heterocycles. The highest BCUT2D eigenvalue weighted by molar-refractivity contribution is 7.89. The Morgan fingerprint density at radius 1 is 1.05 bits per heavy atom. The molecule has 2 rings (SSSR count). The van der Waals surface area contributed by atoms with E-state index in [1.165, 1.54) is 11.6 Å². The molecule has 0 radical (unpaired) electrons. The fourth-order valence-corrected chi connectivity index (χ4v) is 3.38. The van der Waals surface area contributed by atoms with Gasteiger partial charge in [-0.3, -0.25) is 0 Å². The van der Waals surface area contributed by atoms with Crippen molar-refractivity contribution in [2.75, 3.05) is 6.54 Å². The van der Waals surface area contributed by atoms with Gasteiger partial charge < -0.3 is 0 Å². The van der Waals surface area contributed by atoms with E-state index in [9.17, 15) is 12.8 Å². The number of hydrogen-bond acceptors (Lipinski definition) is 2. The predicted octanol–water partition coefficient (Wildman–Crippen LogP) is 3.78. The lowest BCUT2D eigenvalue weighted by Crippen LogP contribution is -2.24. The first-order valence-corrected chi connectivity index (χ1v) is 8.84. The average molecular weight is 342 g/mol. The molecule has 118 valence electrons. The molecule has 0 aliphatic rings. The molecule has 0 bridgehead atoms. The molecule has 0 heterocycles. The molecule has 3 nitrogen and oxygen atoms in total. The topological polar surface area (TPSA) is 46.2 Å². The van der Waals surface area contributed by atoms with E-state index in [1.54, 1.807) is 0 Å². The minimum absolute atomic E-state index is 0.0260. The van der Waals surface area contributed by atoms with Crippen molar-refractivity contribution in [1.29, 1.82) is 0 Å². The van der Waals surface area contributed by atoms with E-state index in [0.29, 0.717) is 6.54 Å². The summed E-state index contributed by atoms with van der Waals surface area (Å²) in [5.41, 5.74) is 1.23. The van der Waals surface area contributed by atoms with E-state index in [0.717, 1.165) is 31.4 Å². The molecular formula is C16H17ClFNO2S. The summed E-state index contributed by atoms with van der Waals surface area (Å²) in [4.78, 5) is -0.0260. The molecule has 0 unspecified atom stereocenters. The second kappa shape index (κ2) is 7.72. The van der Waals surface area contributed by atoms with Crippen LogP contribution in [-0.2, 0) is 16.4 Å². The molecule has 1 N–H and O–H groups in total. The third kappa shape index (κ3) is 4.80. The summed E-state index contributed by atoms with van der Waals surface area (Å²) in [5, 5.41) is -0.202. The molecule has 0 spiro atoms. The van der Waals surface area contributed by atoms with E-state index in [-0.39, 0.29) is 9.92 Å². The normalized spacial score (nSPS) is 11.5. The van der Waals surface area contributed by atoms with Gasteiger partial charge in [-0.15, -0.1) is 0 Å². The Balaban J connectivity index is 1.81. The summed E-state index contributed by atoms with van der Waals surface area (Å²) in [6, 6.07) is 13.4. The van der Waals surface area contributed by atoms with Crippen LogP contribution in [0, 0.1) is 5.82 Å². The van der Waals surface area contributed by atoms with E-state index in [1.807, 2.05) is 30.3 Å². The van der Waals surface area contributed by atoms with Crippen LogP contribution in [0.15, 0.2) is 53.4 Å². The number of nitrogens with one attached hydrogen (secondary N) is 1. The number of hydrogen-bond donors (Lipinski definition) is 1. The largest absolute Gasteiger partial charge is 0.240 e. The average Bonchev–Trinajstić information content (AvgIpc) is 2.50. The Hall–Kier alpha value is -1.43. The zero-order valence-electron chi connectivity index (χ0n) is 11.9. The highest BCUT2D eigenvalue weighted by atomic mass is 35.5. The first-order valence-electron chi connectivity index (χ1n) is 6.98. The fourth-order valence-electron chi connectivity index (χ4n) is 2.03. The number of rotatable bonds is 7. The molecule has 0 fully saturated rings. The molecule has 0 saturated heterocycles. The maximum atomic E-state index is 13.1. The smallest absolute Gasteiger partial charge is 0.211 e. The van der Waals surface area contributed by atoms with E-state index < -0.39 is 15.8 Å². The lowest BCUT2D eigenvalue weighted by molar-refractivity contribution is 0.576. The molecule has 2 aromatic rings. The van der Waals surface area contributed by atoms with Crippen LogP contribution in [-0.4, -0.2) is 15.0 Å². The molecule has 22 heavy (non-hydrogen) atoms. The van der Waals surface area contributed by atoms with Gasteiger partial charge in [0.2, 0.25) is 10.0 Å². The van der Waals surface area contributed by atoms with Crippen molar-refractivity contribution in [1.82, 2.24) is 4.72 Å². The molecular weight excluding hydrogens is 325 g/mol. The number of halogens is 2. The predicted molar refractivity (Wildman–Crippen MR) is 86.0 cm³/mol. The van der Waals surface area contributed by atoms with Crippen LogP contribution in [0.5, 0.6) is 0 Å². The van der Waals surface area contributed by atoms with Gasteiger partial charge in [-0.25, -0.2) is 17.5 Å². The quantitative estimate of drug-likeness (QED) is 0.779. The maximum absolute atomic E-state index is 13.1. The molecule has 0 atom stereocenters. The minimum Gasteiger partial charge on any atom is -0.211 e. The van der Waals surface area contributed by atoms with Gasteiger partial charge in [-0.05, 0) is 43.0 Å². The summed E-state index contributed by atoms with van der Waals surface area (Å²) >= 11 is 5.60. The van der Waals surface area contributed by atoms with Crippen LogP contribution >= 0.6 is 11.6 Å². The SMILES string of the molecule is O=S(=O)(NCCCCc1ccccc1)c1ccc(F)c(Cl)c1. The Labute approximate surface area is 135 Å². The molecule has 0 amide bonds. The number of unbranched alkanes of at least 4 members (excludes halogenated alkanes) is 1. The summed E-state index contributed by atoms with van der Waals surface area (Å²) in [5.74, 6) is -0.636. The van der Waals surface area contributed by atoms with Crippen molar-refractivity contribution in [3.05, 3.63) is 64.9 Å². The molecule has 0 aliphatic heterocycles. The number of aryl methyl sites for hydroxylation is 1. The Morgan fingerprint density at radius 2 is 1.77 bits per heavy atom.